The van der Waals surface area contributed by atoms with Gasteiger partial charge in [0.1, 0.15) is 15.9 Å². The van der Waals surface area contributed by atoms with Crippen LogP contribution in [0.3, 0.4) is 0 Å². The number of hydrogen-bond acceptors (Lipinski definition) is 8. The number of esters is 1. The molecule has 11 heteroatoms. The summed E-state index contributed by atoms with van der Waals surface area (Å²) in [6.07, 6.45) is 7.36. The lowest BCUT2D eigenvalue weighted by Crippen LogP contribution is -2.30. The monoisotopic (exact) mass is 716 g/mol. The number of hydrogen-bond donors (Lipinski definition) is 3. The number of aromatic nitrogens is 1. The Labute approximate surface area is 304 Å². The summed E-state index contributed by atoms with van der Waals surface area (Å²) < 4.78 is 5.14. The zero-order valence-electron chi connectivity index (χ0n) is 28.1. The molecule has 2 atom stereocenters. The van der Waals surface area contributed by atoms with Crippen molar-refractivity contribution in [2.75, 3.05) is 17.7 Å². The van der Waals surface area contributed by atoms with Gasteiger partial charge in [0, 0.05) is 33.4 Å². The molecule has 258 valence electrons. The normalized spacial score (nSPS) is 14.5. The maximum Gasteiger partial charge on any atom is 0.341 e. The molecule has 1 aliphatic carbocycles. The number of carbonyl (C=O) groups excluding carboxylic acids is 4. The first-order chi connectivity index (χ1) is 24.8. The predicted octanol–water partition coefficient (Wildman–Crippen LogP) is 7.94. The largest absolute Gasteiger partial charge is 0.465 e. The van der Waals surface area contributed by atoms with Crippen LogP contribution in [-0.2, 0) is 27.2 Å². The minimum atomic E-state index is -0.688. The zero-order chi connectivity index (χ0) is 35.7. The molecular formula is C40H36N4O5S2. The molecule has 3 amide bonds. The standard InChI is InChI=1S/C40H36N4O5S2/c1-25-18-19-31-33(21-25)51-39(34(31)40(48)49-2)44-38(47)35(27-12-5-3-6-13-27)50-30-17-9-16-29(23-30)42-37(46)32(22-26-11-10-20-41-24-26)43-36(45)28-14-7-4-8-15-28/h3-17,20,22-25,35H,18-19,21H2,1-2H3,(H,42,46)(H,43,45)(H,44,47)/b32-22-. The molecule has 6 rings (SSSR count). The van der Waals surface area contributed by atoms with E-state index >= 15 is 0 Å². The fourth-order valence-electron chi connectivity index (χ4n) is 5.79. The number of benzene rings is 3. The first-order valence-corrected chi connectivity index (χ1v) is 18.1. The van der Waals surface area contributed by atoms with Gasteiger partial charge in [-0.15, -0.1) is 23.1 Å². The van der Waals surface area contributed by atoms with Crippen molar-refractivity contribution in [2.24, 2.45) is 5.92 Å². The van der Waals surface area contributed by atoms with E-state index in [2.05, 4.69) is 27.9 Å². The van der Waals surface area contributed by atoms with Crippen molar-refractivity contribution in [3.63, 3.8) is 0 Å². The molecule has 3 aromatic carbocycles. The van der Waals surface area contributed by atoms with Crippen molar-refractivity contribution in [2.45, 2.75) is 36.3 Å². The molecule has 3 N–H and O–H groups in total. The number of fused-ring (bicyclic) bond motifs is 1. The van der Waals surface area contributed by atoms with Gasteiger partial charge < -0.3 is 20.7 Å². The average molecular weight is 717 g/mol. The molecule has 2 unspecified atom stereocenters. The SMILES string of the molecule is COC(=O)c1c(NC(=O)C(Sc2cccc(NC(=O)/C(=C/c3cccnc3)NC(=O)c3ccccc3)c2)c2ccccc2)sc2c1CCC(C)C2. The summed E-state index contributed by atoms with van der Waals surface area (Å²) in [5, 5.41) is 8.51. The Hall–Kier alpha value is -5.52. The molecule has 5 aromatic rings. The van der Waals surface area contributed by atoms with Crippen LogP contribution >= 0.6 is 23.1 Å². The third-order valence-electron chi connectivity index (χ3n) is 8.35. The van der Waals surface area contributed by atoms with Crippen LogP contribution in [0.25, 0.3) is 6.08 Å². The van der Waals surface area contributed by atoms with Crippen molar-refractivity contribution < 1.29 is 23.9 Å². The smallest absolute Gasteiger partial charge is 0.341 e. The Morgan fingerprint density at radius 2 is 1.71 bits per heavy atom. The molecule has 0 aliphatic heterocycles. The van der Waals surface area contributed by atoms with E-state index in [1.165, 1.54) is 30.2 Å². The Kier molecular flexibility index (Phi) is 11.4. The Balaban J connectivity index is 1.24. The summed E-state index contributed by atoms with van der Waals surface area (Å²) in [5.74, 6) is -1.22. The number of methoxy groups -OCH3 is 1. The van der Waals surface area contributed by atoms with Crippen molar-refractivity contribution in [3.05, 3.63) is 148 Å². The Morgan fingerprint density at radius 1 is 0.941 bits per heavy atom. The number of thiophene rings is 1. The van der Waals surface area contributed by atoms with E-state index in [-0.39, 0.29) is 11.6 Å². The van der Waals surface area contributed by atoms with Gasteiger partial charge in [0.05, 0.1) is 12.7 Å². The molecule has 0 spiro atoms. The summed E-state index contributed by atoms with van der Waals surface area (Å²) in [7, 11) is 1.35. The van der Waals surface area contributed by atoms with E-state index < -0.39 is 23.0 Å². The Bertz CT molecular complexity index is 2070. The van der Waals surface area contributed by atoms with E-state index in [9.17, 15) is 19.2 Å². The number of nitrogens with one attached hydrogen (secondary N) is 3. The lowest BCUT2D eigenvalue weighted by Gasteiger charge is -2.18. The number of rotatable bonds is 11. The summed E-state index contributed by atoms with van der Waals surface area (Å²) >= 11 is 2.76. The van der Waals surface area contributed by atoms with Gasteiger partial charge in [-0.25, -0.2) is 4.79 Å². The van der Waals surface area contributed by atoms with Crippen LogP contribution in [-0.4, -0.2) is 35.8 Å². The van der Waals surface area contributed by atoms with Crippen LogP contribution in [0.2, 0.25) is 0 Å². The highest BCUT2D eigenvalue weighted by Gasteiger charge is 2.31. The minimum Gasteiger partial charge on any atom is -0.465 e. The highest BCUT2D eigenvalue weighted by Crippen LogP contribution is 2.42. The third-order valence-corrected chi connectivity index (χ3v) is 10.8. The van der Waals surface area contributed by atoms with E-state index in [0.29, 0.717) is 33.3 Å². The van der Waals surface area contributed by atoms with E-state index in [1.807, 2.05) is 42.5 Å². The summed E-state index contributed by atoms with van der Waals surface area (Å²) in [4.78, 5) is 59.7. The van der Waals surface area contributed by atoms with Gasteiger partial charge in [0.2, 0.25) is 5.91 Å². The van der Waals surface area contributed by atoms with Gasteiger partial charge in [-0.3, -0.25) is 19.4 Å². The number of anilines is 2. The minimum absolute atomic E-state index is 0.0332. The number of carbonyl (C=O) groups is 4. The first kappa shape index (κ1) is 35.3. The summed E-state index contributed by atoms with van der Waals surface area (Å²) in [6, 6.07) is 28.7. The summed E-state index contributed by atoms with van der Waals surface area (Å²) in [6.45, 7) is 2.19. The zero-order valence-corrected chi connectivity index (χ0v) is 29.7. The second-order valence-corrected chi connectivity index (χ2v) is 14.4. The Morgan fingerprint density at radius 3 is 2.43 bits per heavy atom. The van der Waals surface area contributed by atoms with Crippen LogP contribution in [0.4, 0.5) is 10.7 Å². The topological polar surface area (TPSA) is 126 Å². The molecule has 0 fully saturated rings. The van der Waals surface area contributed by atoms with E-state index in [1.54, 1.807) is 73.1 Å². The fourth-order valence-corrected chi connectivity index (χ4v) is 8.27. The predicted molar refractivity (Wildman–Crippen MR) is 202 cm³/mol. The first-order valence-electron chi connectivity index (χ1n) is 16.4. The van der Waals surface area contributed by atoms with Crippen molar-refractivity contribution in [3.8, 4) is 0 Å². The number of pyridine rings is 1. The van der Waals surface area contributed by atoms with Crippen molar-refractivity contribution >= 4 is 63.6 Å². The van der Waals surface area contributed by atoms with Crippen LogP contribution in [0, 0.1) is 5.92 Å². The number of nitrogens with zero attached hydrogens (tertiary/aromatic N) is 1. The third kappa shape index (κ3) is 8.80. The lowest BCUT2D eigenvalue weighted by molar-refractivity contribution is -0.116. The quantitative estimate of drug-likeness (QED) is 0.0720. The van der Waals surface area contributed by atoms with Crippen LogP contribution in [0.15, 0.2) is 120 Å². The molecule has 51 heavy (non-hydrogen) atoms. The molecule has 2 heterocycles. The van der Waals surface area contributed by atoms with Crippen molar-refractivity contribution in [1.29, 1.82) is 0 Å². The van der Waals surface area contributed by atoms with Gasteiger partial charge >= 0.3 is 5.97 Å². The molecule has 9 nitrogen and oxygen atoms in total. The number of ether oxygens (including phenoxy) is 1. The lowest BCUT2D eigenvalue weighted by atomic mass is 9.88. The van der Waals surface area contributed by atoms with Crippen LogP contribution in [0.5, 0.6) is 0 Å². The molecule has 0 bridgehead atoms. The van der Waals surface area contributed by atoms with Gasteiger partial charge in [-0.2, -0.15) is 0 Å². The maximum absolute atomic E-state index is 14.1. The second-order valence-electron chi connectivity index (χ2n) is 12.1. The average Bonchev–Trinajstić information content (AvgIpc) is 3.51. The molecule has 0 saturated carbocycles. The molecule has 0 radical (unpaired) electrons. The molecule has 1 aliphatic rings. The molecule has 2 aromatic heterocycles. The molecular weight excluding hydrogens is 681 g/mol. The molecule has 0 saturated heterocycles. The van der Waals surface area contributed by atoms with Gasteiger partial charge in [-0.1, -0.05) is 67.6 Å². The fraction of sp³-hybridized carbons (Fsp3) is 0.175. The highest BCUT2D eigenvalue weighted by atomic mass is 32.2. The number of amides is 3. The van der Waals surface area contributed by atoms with Gasteiger partial charge in [0.15, 0.2) is 0 Å². The van der Waals surface area contributed by atoms with Gasteiger partial charge in [-0.05, 0) is 84.3 Å². The van der Waals surface area contributed by atoms with E-state index in [0.717, 1.165) is 40.2 Å². The van der Waals surface area contributed by atoms with Crippen LogP contribution < -0.4 is 16.0 Å². The number of thioether (sulfide) groups is 1. The van der Waals surface area contributed by atoms with E-state index in [4.69, 9.17) is 4.74 Å². The van der Waals surface area contributed by atoms with Crippen LogP contribution in [0.1, 0.15) is 60.9 Å². The van der Waals surface area contributed by atoms with Gasteiger partial charge in [0.25, 0.3) is 11.8 Å². The maximum atomic E-state index is 14.1. The second kappa shape index (κ2) is 16.5. The van der Waals surface area contributed by atoms with Crippen molar-refractivity contribution in [1.82, 2.24) is 10.3 Å². The summed E-state index contributed by atoms with van der Waals surface area (Å²) in [5.41, 5.74) is 3.71. The highest BCUT2D eigenvalue weighted by molar-refractivity contribution is 8.00.